The number of rotatable bonds is 1. The standard InChI is InChI=1S/C15H20N4O2.ClH/c1-2-21-14(20)19-9-7-15(8-10-19)17-12-6-4-3-5-11(12)13(16)18-15;/h3-6,17H,2,7-10H2,1H3,(H2,16,18);1H. The van der Waals surface area contributed by atoms with Crippen LogP contribution in [0, 0.1) is 0 Å². The van der Waals surface area contributed by atoms with E-state index in [0.717, 1.165) is 24.1 Å². The predicted octanol–water partition coefficient (Wildman–Crippen LogP) is 2.19. The summed E-state index contributed by atoms with van der Waals surface area (Å²) >= 11 is 0. The van der Waals surface area contributed by atoms with Crippen molar-refractivity contribution in [1.82, 2.24) is 4.90 Å². The number of carbonyl (C=O) groups is 1. The molecule has 120 valence electrons. The first-order valence-corrected chi connectivity index (χ1v) is 7.28. The van der Waals surface area contributed by atoms with Gasteiger partial charge in [0.2, 0.25) is 0 Å². The maximum atomic E-state index is 11.8. The van der Waals surface area contributed by atoms with Gasteiger partial charge in [0.15, 0.2) is 0 Å². The zero-order valence-electron chi connectivity index (χ0n) is 12.5. The molecule has 7 heteroatoms. The molecule has 0 bridgehead atoms. The molecular weight excluding hydrogens is 304 g/mol. The molecule has 1 spiro atoms. The summed E-state index contributed by atoms with van der Waals surface area (Å²) in [7, 11) is 0. The van der Waals surface area contributed by atoms with Crippen molar-refractivity contribution in [2.45, 2.75) is 25.4 Å². The Labute approximate surface area is 136 Å². The molecule has 3 N–H and O–H groups in total. The number of hydrogen-bond donors (Lipinski definition) is 2. The van der Waals surface area contributed by atoms with Crippen LogP contribution in [-0.4, -0.2) is 42.2 Å². The molecule has 1 aromatic rings. The lowest BCUT2D eigenvalue weighted by Gasteiger charge is -2.42. The van der Waals surface area contributed by atoms with Gasteiger partial charge in [-0.1, -0.05) is 12.1 Å². The predicted molar refractivity (Wildman–Crippen MR) is 88.6 cm³/mol. The molecule has 0 aromatic heterocycles. The Morgan fingerprint density at radius 3 is 2.77 bits per heavy atom. The maximum Gasteiger partial charge on any atom is 0.409 e. The summed E-state index contributed by atoms with van der Waals surface area (Å²) in [6.45, 7) is 3.45. The lowest BCUT2D eigenvalue weighted by Crippen LogP contribution is -2.52. The van der Waals surface area contributed by atoms with Gasteiger partial charge in [-0.15, -0.1) is 12.4 Å². The highest BCUT2D eigenvalue weighted by molar-refractivity contribution is 6.04. The summed E-state index contributed by atoms with van der Waals surface area (Å²) < 4.78 is 5.04. The lowest BCUT2D eigenvalue weighted by atomic mass is 9.94. The first-order chi connectivity index (χ1) is 10.1. The molecule has 0 unspecified atom stereocenters. The number of para-hydroxylation sites is 1. The van der Waals surface area contributed by atoms with Gasteiger partial charge < -0.3 is 20.7 Å². The molecule has 0 aliphatic carbocycles. The van der Waals surface area contributed by atoms with E-state index >= 15 is 0 Å². The quantitative estimate of drug-likeness (QED) is 0.830. The Morgan fingerprint density at radius 2 is 2.09 bits per heavy atom. The molecule has 1 aromatic carbocycles. The van der Waals surface area contributed by atoms with Gasteiger partial charge in [-0.3, -0.25) is 0 Å². The molecule has 2 aliphatic rings. The summed E-state index contributed by atoms with van der Waals surface area (Å²) in [6.07, 6.45) is 1.20. The summed E-state index contributed by atoms with van der Waals surface area (Å²) in [4.78, 5) is 18.1. The van der Waals surface area contributed by atoms with Crippen LogP contribution in [0.25, 0.3) is 0 Å². The lowest BCUT2D eigenvalue weighted by molar-refractivity contribution is 0.0906. The number of aliphatic imine (C=N–C) groups is 1. The Hall–Kier alpha value is -1.95. The van der Waals surface area contributed by atoms with Crippen molar-refractivity contribution >= 4 is 30.0 Å². The Bertz CT molecular complexity index is 583. The zero-order chi connectivity index (χ0) is 14.9. The number of nitrogens with zero attached hydrogens (tertiary/aromatic N) is 2. The highest BCUT2D eigenvalue weighted by atomic mass is 35.5. The van der Waals surface area contributed by atoms with Crippen LogP contribution in [0.4, 0.5) is 10.5 Å². The third kappa shape index (κ3) is 2.97. The summed E-state index contributed by atoms with van der Waals surface area (Å²) in [6, 6.07) is 7.90. The van der Waals surface area contributed by atoms with Gasteiger partial charge in [-0.2, -0.15) is 0 Å². The molecule has 22 heavy (non-hydrogen) atoms. The normalized spacial score (nSPS) is 18.6. The number of piperidine rings is 1. The average molecular weight is 325 g/mol. The molecule has 0 radical (unpaired) electrons. The number of ether oxygens (including phenoxy) is 1. The van der Waals surface area contributed by atoms with Crippen LogP contribution in [0.5, 0.6) is 0 Å². The molecule has 2 aliphatic heterocycles. The smallest absolute Gasteiger partial charge is 0.409 e. The summed E-state index contributed by atoms with van der Waals surface area (Å²) in [5, 5.41) is 3.49. The van der Waals surface area contributed by atoms with Crippen LogP contribution in [0.15, 0.2) is 29.3 Å². The molecular formula is C15H21ClN4O2. The number of fused-ring (bicyclic) bond motifs is 1. The maximum absolute atomic E-state index is 11.8. The highest BCUT2D eigenvalue weighted by Gasteiger charge is 2.38. The van der Waals surface area contributed by atoms with Gasteiger partial charge in [0, 0.05) is 37.2 Å². The third-order valence-electron chi connectivity index (χ3n) is 4.02. The van der Waals surface area contributed by atoms with E-state index in [1.807, 2.05) is 31.2 Å². The van der Waals surface area contributed by atoms with E-state index < -0.39 is 5.66 Å². The number of nitrogens with two attached hydrogens (primary N) is 1. The Morgan fingerprint density at radius 1 is 1.41 bits per heavy atom. The van der Waals surface area contributed by atoms with Gasteiger partial charge in [0.1, 0.15) is 11.5 Å². The van der Waals surface area contributed by atoms with Crippen LogP contribution >= 0.6 is 12.4 Å². The molecule has 1 fully saturated rings. The van der Waals surface area contributed by atoms with Crippen molar-refractivity contribution in [3.63, 3.8) is 0 Å². The van der Waals surface area contributed by atoms with E-state index in [-0.39, 0.29) is 18.5 Å². The van der Waals surface area contributed by atoms with Crippen molar-refractivity contribution in [3.05, 3.63) is 29.8 Å². The van der Waals surface area contributed by atoms with Crippen molar-refractivity contribution in [3.8, 4) is 0 Å². The van der Waals surface area contributed by atoms with E-state index in [2.05, 4.69) is 10.3 Å². The van der Waals surface area contributed by atoms with E-state index in [1.165, 1.54) is 0 Å². The topological polar surface area (TPSA) is 80.0 Å². The fourth-order valence-electron chi connectivity index (χ4n) is 2.90. The fraction of sp³-hybridized carbons (Fsp3) is 0.467. The number of nitrogens with one attached hydrogen (secondary N) is 1. The first-order valence-electron chi connectivity index (χ1n) is 7.28. The monoisotopic (exact) mass is 324 g/mol. The van der Waals surface area contributed by atoms with Crippen molar-refractivity contribution in [2.75, 3.05) is 25.0 Å². The molecule has 1 amide bonds. The van der Waals surface area contributed by atoms with Crippen LogP contribution in [-0.2, 0) is 4.74 Å². The molecule has 0 atom stereocenters. The van der Waals surface area contributed by atoms with E-state index in [1.54, 1.807) is 4.90 Å². The number of likely N-dealkylation sites (tertiary alicyclic amines) is 1. The van der Waals surface area contributed by atoms with Gasteiger partial charge in [0.25, 0.3) is 0 Å². The molecule has 2 heterocycles. The van der Waals surface area contributed by atoms with Crippen LogP contribution in [0.3, 0.4) is 0 Å². The van der Waals surface area contributed by atoms with E-state index in [9.17, 15) is 4.79 Å². The van der Waals surface area contributed by atoms with Crippen molar-refractivity contribution in [2.24, 2.45) is 10.7 Å². The number of halogens is 1. The molecule has 1 saturated heterocycles. The minimum Gasteiger partial charge on any atom is -0.450 e. The van der Waals surface area contributed by atoms with Crippen LogP contribution in [0.1, 0.15) is 25.3 Å². The highest BCUT2D eigenvalue weighted by Crippen LogP contribution is 2.33. The van der Waals surface area contributed by atoms with Crippen molar-refractivity contribution in [1.29, 1.82) is 0 Å². The number of amidine groups is 1. The minimum absolute atomic E-state index is 0. The second-order valence-electron chi connectivity index (χ2n) is 5.39. The fourth-order valence-corrected chi connectivity index (χ4v) is 2.90. The second kappa shape index (κ2) is 6.44. The Balaban J connectivity index is 0.00000176. The van der Waals surface area contributed by atoms with Crippen molar-refractivity contribution < 1.29 is 9.53 Å². The van der Waals surface area contributed by atoms with Gasteiger partial charge in [-0.05, 0) is 19.1 Å². The average Bonchev–Trinajstić information content (AvgIpc) is 2.48. The molecule has 3 rings (SSSR count). The number of carbonyl (C=O) groups excluding carboxylic acids is 1. The largest absolute Gasteiger partial charge is 0.450 e. The van der Waals surface area contributed by atoms with Gasteiger partial charge in [-0.25, -0.2) is 9.79 Å². The summed E-state index contributed by atoms with van der Waals surface area (Å²) in [5.74, 6) is 0.564. The van der Waals surface area contributed by atoms with Gasteiger partial charge >= 0.3 is 6.09 Å². The number of hydrogen-bond acceptors (Lipinski definition) is 5. The number of amides is 1. The zero-order valence-corrected chi connectivity index (χ0v) is 13.4. The molecule has 6 nitrogen and oxygen atoms in total. The minimum atomic E-state index is -0.401. The number of benzene rings is 1. The Kier molecular flexibility index (Phi) is 4.81. The SMILES string of the molecule is CCOC(=O)N1CCC2(CC1)N=C(N)c1ccccc1N2.Cl. The summed E-state index contributed by atoms with van der Waals surface area (Å²) in [5.41, 5.74) is 7.65. The van der Waals surface area contributed by atoms with Crippen LogP contribution < -0.4 is 11.1 Å². The van der Waals surface area contributed by atoms with E-state index in [0.29, 0.717) is 25.5 Å². The number of anilines is 1. The van der Waals surface area contributed by atoms with Gasteiger partial charge in [0.05, 0.1) is 6.61 Å². The molecule has 0 saturated carbocycles. The first kappa shape index (κ1) is 16.4. The second-order valence-corrected chi connectivity index (χ2v) is 5.39. The van der Waals surface area contributed by atoms with E-state index in [4.69, 9.17) is 10.5 Å². The van der Waals surface area contributed by atoms with Crippen LogP contribution in [0.2, 0.25) is 0 Å². The third-order valence-corrected chi connectivity index (χ3v) is 4.02.